The minimum absolute atomic E-state index is 0.131. The second-order valence-electron chi connectivity index (χ2n) is 6.12. The van der Waals surface area contributed by atoms with E-state index in [1.165, 1.54) is 7.11 Å². The van der Waals surface area contributed by atoms with E-state index in [9.17, 15) is 19.7 Å². The number of rotatable bonds is 9. The first-order chi connectivity index (χ1) is 11.3. The van der Waals surface area contributed by atoms with Crippen molar-refractivity contribution in [1.29, 1.82) is 0 Å². The average Bonchev–Trinajstić information content (AvgIpc) is 2.52. The Morgan fingerprint density at radius 3 is 2.38 bits per heavy atom. The molecule has 1 aromatic carbocycles. The molecular formula is C17H24N2O5. The molecule has 7 heteroatoms. The molecule has 1 N–H and O–H groups in total. The van der Waals surface area contributed by atoms with Crippen molar-refractivity contribution >= 4 is 11.9 Å². The summed E-state index contributed by atoms with van der Waals surface area (Å²) in [7, 11) is 1.25. The Kier molecular flexibility index (Phi) is 7.88. The lowest BCUT2D eigenvalue weighted by atomic mass is 9.95. The van der Waals surface area contributed by atoms with Crippen LogP contribution in [0.5, 0.6) is 0 Å². The number of hydrogen-bond acceptors (Lipinski definition) is 5. The fourth-order valence-corrected chi connectivity index (χ4v) is 2.49. The summed E-state index contributed by atoms with van der Waals surface area (Å²) in [6.07, 6.45) is 0.651. The summed E-state index contributed by atoms with van der Waals surface area (Å²) < 4.78 is 4.74. The highest BCUT2D eigenvalue weighted by Gasteiger charge is 2.29. The molecule has 0 heterocycles. The Morgan fingerprint density at radius 2 is 1.88 bits per heavy atom. The molecule has 1 rings (SSSR count). The largest absolute Gasteiger partial charge is 0.467 e. The fourth-order valence-electron chi connectivity index (χ4n) is 2.49. The van der Waals surface area contributed by atoms with Gasteiger partial charge in [0.05, 0.1) is 7.11 Å². The molecule has 0 radical (unpaired) electrons. The molecule has 0 aliphatic heterocycles. The smallest absolute Gasteiger partial charge is 0.328 e. The molecule has 0 fully saturated rings. The molecule has 0 saturated heterocycles. The molecule has 0 spiro atoms. The van der Waals surface area contributed by atoms with Crippen molar-refractivity contribution in [2.24, 2.45) is 11.8 Å². The number of nitro groups is 1. The van der Waals surface area contributed by atoms with Crippen molar-refractivity contribution in [2.75, 3.05) is 13.7 Å². The van der Waals surface area contributed by atoms with E-state index >= 15 is 0 Å². The summed E-state index contributed by atoms with van der Waals surface area (Å²) in [4.78, 5) is 34.7. The first kappa shape index (κ1) is 19.6. The third-order valence-corrected chi connectivity index (χ3v) is 3.58. The number of ether oxygens (including phenoxy) is 1. The summed E-state index contributed by atoms with van der Waals surface area (Å²) in [5.74, 6) is -1.71. The highest BCUT2D eigenvalue weighted by molar-refractivity contribution is 5.86. The monoisotopic (exact) mass is 336 g/mol. The predicted octanol–water partition coefficient (Wildman–Crippen LogP) is 1.83. The lowest BCUT2D eigenvalue weighted by Crippen LogP contribution is -2.47. The van der Waals surface area contributed by atoms with Crippen LogP contribution in [0.25, 0.3) is 0 Å². The van der Waals surface area contributed by atoms with Crippen molar-refractivity contribution < 1.29 is 19.2 Å². The van der Waals surface area contributed by atoms with Crippen LogP contribution in [-0.2, 0) is 20.7 Å². The number of methoxy groups -OCH3 is 1. The molecule has 2 atom stereocenters. The van der Waals surface area contributed by atoms with Crippen LogP contribution in [-0.4, -0.2) is 36.5 Å². The van der Waals surface area contributed by atoms with E-state index in [0.717, 1.165) is 5.56 Å². The maximum atomic E-state index is 12.4. The zero-order valence-electron chi connectivity index (χ0n) is 14.2. The second-order valence-corrected chi connectivity index (χ2v) is 6.12. The summed E-state index contributed by atoms with van der Waals surface area (Å²) >= 11 is 0. The number of nitrogens with one attached hydrogen (secondary N) is 1. The normalized spacial score (nSPS) is 13.2. The summed E-state index contributed by atoms with van der Waals surface area (Å²) in [5, 5.41) is 13.4. The van der Waals surface area contributed by atoms with Gasteiger partial charge in [-0.25, -0.2) is 4.79 Å². The third-order valence-electron chi connectivity index (χ3n) is 3.58. The maximum Gasteiger partial charge on any atom is 0.328 e. The number of carbonyl (C=O) groups is 2. The van der Waals surface area contributed by atoms with Gasteiger partial charge in [0, 0.05) is 11.3 Å². The summed E-state index contributed by atoms with van der Waals surface area (Å²) in [5.41, 5.74) is 0.864. The van der Waals surface area contributed by atoms with Gasteiger partial charge < -0.3 is 10.1 Å². The SMILES string of the molecule is COC(=O)[C@H](Cc1ccccc1)NC(=O)[C@H](CC(C)C)C[N+](=O)[O-]. The number of hydrogen-bond donors (Lipinski definition) is 1. The van der Waals surface area contributed by atoms with Crippen LogP contribution in [0.2, 0.25) is 0 Å². The van der Waals surface area contributed by atoms with Crippen LogP contribution >= 0.6 is 0 Å². The third kappa shape index (κ3) is 6.76. The van der Waals surface area contributed by atoms with Crippen LogP contribution in [0, 0.1) is 22.0 Å². The molecule has 0 aromatic heterocycles. The Balaban J connectivity index is 2.84. The van der Waals surface area contributed by atoms with Crippen molar-refractivity contribution in [3.8, 4) is 0 Å². The minimum atomic E-state index is -0.869. The van der Waals surface area contributed by atoms with Crippen LogP contribution in [0.4, 0.5) is 0 Å². The van der Waals surface area contributed by atoms with Crippen molar-refractivity contribution in [2.45, 2.75) is 32.7 Å². The van der Waals surface area contributed by atoms with Crippen LogP contribution in [0.15, 0.2) is 30.3 Å². The fraction of sp³-hybridized carbons (Fsp3) is 0.529. The van der Waals surface area contributed by atoms with E-state index in [0.29, 0.717) is 6.42 Å². The number of nitrogens with zero attached hydrogens (tertiary/aromatic N) is 1. The molecule has 0 aliphatic carbocycles. The minimum Gasteiger partial charge on any atom is -0.467 e. The lowest BCUT2D eigenvalue weighted by Gasteiger charge is -2.20. The Bertz CT molecular complexity index is 559. The van der Waals surface area contributed by atoms with E-state index in [2.05, 4.69) is 5.32 Å². The molecule has 132 valence electrons. The topological polar surface area (TPSA) is 98.5 Å². The molecule has 0 bridgehead atoms. The Morgan fingerprint density at radius 1 is 1.25 bits per heavy atom. The van der Waals surface area contributed by atoms with E-state index in [-0.39, 0.29) is 12.3 Å². The molecule has 24 heavy (non-hydrogen) atoms. The predicted molar refractivity (Wildman–Crippen MR) is 88.9 cm³/mol. The first-order valence-corrected chi connectivity index (χ1v) is 7.87. The number of amides is 1. The number of carbonyl (C=O) groups excluding carboxylic acids is 2. The molecule has 1 aromatic rings. The Labute approximate surface area is 141 Å². The lowest BCUT2D eigenvalue weighted by molar-refractivity contribution is -0.486. The van der Waals surface area contributed by atoms with Gasteiger partial charge in [0.15, 0.2) is 0 Å². The van der Waals surface area contributed by atoms with Gasteiger partial charge in [-0.15, -0.1) is 0 Å². The van der Waals surface area contributed by atoms with E-state index in [1.54, 1.807) is 0 Å². The van der Waals surface area contributed by atoms with E-state index < -0.39 is 35.3 Å². The van der Waals surface area contributed by atoms with Gasteiger partial charge in [0.1, 0.15) is 12.0 Å². The molecule has 0 unspecified atom stereocenters. The van der Waals surface area contributed by atoms with Crippen molar-refractivity contribution in [3.05, 3.63) is 46.0 Å². The quantitative estimate of drug-likeness (QED) is 0.421. The number of esters is 1. The number of benzene rings is 1. The molecule has 7 nitrogen and oxygen atoms in total. The van der Waals surface area contributed by atoms with Crippen molar-refractivity contribution in [1.82, 2.24) is 5.32 Å². The molecule has 1 amide bonds. The van der Waals surface area contributed by atoms with E-state index in [4.69, 9.17) is 4.74 Å². The molecule has 0 saturated carbocycles. The van der Waals surface area contributed by atoms with Crippen LogP contribution in [0.1, 0.15) is 25.8 Å². The van der Waals surface area contributed by atoms with Gasteiger partial charge in [0.2, 0.25) is 12.5 Å². The summed E-state index contributed by atoms with van der Waals surface area (Å²) in [6.45, 7) is 3.33. The van der Waals surface area contributed by atoms with Crippen molar-refractivity contribution in [3.63, 3.8) is 0 Å². The highest BCUT2D eigenvalue weighted by Crippen LogP contribution is 2.13. The van der Waals surface area contributed by atoms with Gasteiger partial charge in [0.25, 0.3) is 0 Å². The van der Waals surface area contributed by atoms with Gasteiger partial charge in [-0.05, 0) is 17.9 Å². The van der Waals surface area contributed by atoms with Gasteiger partial charge in [-0.3, -0.25) is 14.9 Å². The maximum absolute atomic E-state index is 12.4. The molecular weight excluding hydrogens is 312 g/mol. The summed E-state index contributed by atoms with van der Waals surface area (Å²) in [6, 6.07) is 8.33. The van der Waals surface area contributed by atoms with Gasteiger partial charge in [-0.2, -0.15) is 0 Å². The zero-order valence-corrected chi connectivity index (χ0v) is 14.2. The Hall–Kier alpha value is -2.44. The molecule has 0 aliphatic rings. The standard InChI is InChI=1S/C17H24N2O5/c1-12(2)9-14(11-19(22)23)16(20)18-15(17(21)24-3)10-13-7-5-4-6-8-13/h4-8,12,14-15H,9-11H2,1-3H3,(H,18,20)/t14-,15+/m1/s1. The van der Waals surface area contributed by atoms with Crippen LogP contribution < -0.4 is 5.32 Å². The van der Waals surface area contributed by atoms with E-state index in [1.807, 2.05) is 44.2 Å². The average molecular weight is 336 g/mol. The van der Waals surface area contributed by atoms with Gasteiger partial charge >= 0.3 is 5.97 Å². The zero-order chi connectivity index (χ0) is 18.1. The second kappa shape index (κ2) is 9.64. The highest BCUT2D eigenvalue weighted by atomic mass is 16.6. The van der Waals surface area contributed by atoms with Gasteiger partial charge in [-0.1, -0.05) is 44.2 Å². The first-order valence-electron chi connectivity index (χ1n) is 7.87. The van der Waals surface area contributed by atoms with Crippen LogP contribution in [0.3, 0.4) is 0 Å².